The van der Waals surface area contributed by atoms with E-state index >= 15 is 0 Å². The number of cyclic esters (lactones) is 1. The van der Waals surface area contributed by atoms with Crippen molar-refractivity contribution in [3.8, 4) is 0 Å². The number of hydrogen-bond donors (Lipinski definition) is 2. The number of rotatable bonds is 8. The van der Waals surface area contributed by atoms with Crippen molar-refractivity contribution in [2.24, 2.45) is 11.3 Å². The van der Waals surface area contributed by atoms with Crippen molar-refractivity contribution in [3.05, 3.63) is 65.5 Å². The molecule has 6 rings (SSSR count). The van der Waals surface area contributed by atoms with Gasteiger partial charge in [0.2, 0.25) is 0 Å². The summed E-state index contributed by atoms with van der Waals surface area (Å²) in [5, 5.41) is 25.4. The van der Waals surface area contributed by atoms with Gasteiger partial charge in [-0.15, -0.1) is 0 Å². The molecule has 4 aliphatic rings. The first kappa shape index (κ1) is 46.5. The molecule has 4 unspecified atom stereocenters. The number of pyridine rings is 1. The second-order valence-electron chi connectivity index (χ2n) is 16.7. The molecular weight excluding hydrogens is 834 g/mol. The van der Waals surface area contributed by atoms with Crippen LogP contribution in [0.15, 0.2) is 48.7 Å². The summed E-state index contributed by atoms with van der Waals surface area (Å²) in [6, 6.07) is 10.1. The van der Waals surface area contributed by atoms with E-state index in [2.05, 4.69) is 4.98 Å². The topological polar surface area (TPSA) is 273 Å². The summed E-state index contributed by atoms with van der Waals surface area (Å²) in [6.45, 7) is 6.37. The number of nitrogens with zero attached hydrogens (tertiary/aromatic N) is 1. The third kappa shape index (κ3) is 7.99. The standard InChI is InChI=1S/C43H49NO19/c1-21(45)55-20-42-34(59-24(4)48)30(57-22(2)46)29-32(58-23(3)47)43(42)41(8,54)33(31(35(42)60-25(5)49)61-36(50)26-13-10-9-11-14-26)62-38(52)39(6,53)17-16-28-27(15-12-18-44-28)37(51)56-19-40(29,7)63-43/h9-15,18,29-35,53-54H,16-17,19-20H2,1-8H3/t29?,30?,31-,32+,33-,34+,35-,39?,40+,41?,42+,43-/m0/s1. The Morgan fingerprint density at radius 1 is 0.746 bits per heavy atom. The SMILES string of the molecule is CC(=O)OC[C@]12[C@H](OC(C)=O)C(OC(C)=O)C3[C@@H](OC(C)=O)[C@@]14O[C@]3(C)COC(=O)c1cccnc1CCC(C)(O)C(=O)O[C@@H]([C@H](OC(=O)c1ccccc1)[C@@H]2OC(C)=O)C4(C)O. The van der Waals surface area contributed by atoms with Crippen molar-refractivity contribution in [1.29, 1.82) is 0 Å². The highest BCUT2D eigenvalue weighted by Gasteiger charge is 2.92. The molecule has 4 bridgehead atoms. The Labute approximate surface area is 360 Å². The zero-order valence-electron chi connectivity index (χ0n) is 35.8. The molecule has 20 heteroatoms. The van der Waals surface area contributed by atoms with Gasteiger partial charge in [-0.1, -0.05) is 18.2 Å². The molecule has 1 spiro atoms. The maximum Gasteiger partial charge on any atom is 0.340 e. The number of aromatic nitrogens is 1. The van der Waals surface area contributed by atoms with Crippen LogP contribution < -0.4 is 0 Å². The maximum atomic E-state index is 14.5. The first-order chi connectivity index (χ1) is 29.4. The Kier molecular flexibility index (Phi) is 12.5. The minimum atomic E-state index is -2.98. The number of carbonyl (C=O) groups excluding carboxylic acids is 8. The van der Waals surface area contributed by atoms with E-state index in [0.29, 0.717) is 0 Å². The third-order valence-corrected chi connectivity index (χ3v) is 12.2. The fraction of sp³-hybridized carbons (Fsp3) is 0.558. The monoisotopic (exact) mass is 883 g/mol. The molecule has 12 atom stereocenters. The molecule has 0 radical (unpaired) electrons. The highest BCUT2D eigenvalue weighted by molar-refractivity contribution is 5.91. The van der Waals surface area contributed by atoms with Crippen LogP contribution in [0.25, 0.3) is 0 Å². The molecule has 340 valence electrons. The van der Waals surface area contributed by atoms with Gasteiger partial charge in [0.25, 0.3) is 0 Å². The van der Waals surface area contributed by atoms with Crippen molar-refractivity contribution in [1.82, 2.24) is 4.98 Å². The Balaban J connectivity index is 1.79. The normalized spacial score (nSPS) is 35.8. The van der Waals surface area contributed by atoms with Gasteiger partial charge >= 0.3 is 47.8 Å². The van der Waals surface area contributed by atoms with E-state index in [9.17, 15) is 48.6 Å². The van der Waals surface area contributed by atoms with Crippen LogP contribution in [0.4, 0.5) is 0 Å². The summed E-state index contributed by atoms with van der Waals surface area (Å²) in [5.74, 6) is -10.5. The number of carbonyl (C=O) groups is 8. The van der Waals surface area contributed by atoms with E-state index in [4.69, 9.17) is 42.6 Å². The first-order valence-electron chi connectivity index (χ1n) is 20.0. The zero-order chi connectivity index (χ0) is 46.4. The molecule has 3 fully saturated rings. The third-order valence-electron chi connectivity index (χ3n) is 12.2. The van der Waals surface area contributed by atoms with Gasteiger partial charge in [0.1, 0.15) is 42.0 Å². The minimum absolute atomic E-state index is 0.0847. The molecule has 2 saturated carbocycles. The molecule has 0 amide bonds. The van der Waals surface area contributed by atoms with E-state index in [0.717, 1.165) is 48.5 Å². The smallest absolute Gasteiger partial charge is 0.340 e. The van der Waals surface area contributed by atoms with Crippen LogP contribution >= 0.6 is 0 Å². The lowest BCUT2D eigenvalue weighted by Gasteiger charge is -2.67. The Bertz CT molecular complexity index is 2190. The lowest BCUT2D eigenvalue weighted by Crippen LogP contribution is -2.89. The van der Waals surface area contributed by atoms with Gasteiger partial charge in [-0.25, -0.2) is 14.4 Å². The van der Waals surface area contributed by atoms with E-state index in [1.807, 2.05) is 0 Å². The number of aliphatic hydroxyl groups is 2. The number of aryl methyl sites for hydroxylation is 1. The van der Waals surface area contributed by atoms with E-state index in [-0.39, 0.29) is 23.2 Å². The summed E-state index contributed by atoms with van der Waals surface area (Å²) in [6.07, 6.45) is -12.0. The lowest BCUT2D eigenvalue weighted by molar-refractivity contribution is -0.386. The fourth-order valence-electron chi connectivity index (χ4n) is 9.73. The van der Waals surface area contributed by atoms with Crippen molar-refractivity contribution in [2.45, 2.75) is 127 Å². The molecule has 2 aliphatic carbocycles. The molecule has 2 aromatic rings. The van der Waals surface area contributed by atoms with Crippen molar-refractivity contribution in [3.63, 3.8) is 0 Å². The molecule has 63 heavy (non-hydrogen) atoms. The van der Waals surface area contributed by atoms with Gasteiger partial charge in [-0.05, 0) is 57.9 Å². The molecule has 20 nitrogen and oxygen atoms in total. The number of esters is 8. The number of ether oxygens (including phenoxy) is 9. The predicted molar refractivity (Wildman–Crippen MR) is 207 cm³/mol. The van der Waals surface area contributed by atoms with Crippen molar-refractivity contribution in [2.75, 3.05) is 13.2 Å². The molecule has 1 saturated heterocycles. The first-order valence-corrected chi connectivity index (χ1v) is 20.0. The number of benzene rings is 1. The van der Waals surface area contributed by atoms with Crippen LogP contribution in [0.5, 0.6) is 0 Å². The molecule has 1 aromatic carbocycles. The van der Waals surface area contributed by atoms with Gasteiger partial charge < -0.3 is 52.8 Å². The van der Waals surface area contributed by atoms with E-state index in [1.165, 1.54) is 49.5 Å². The second kappa shape index (κ2) is 16.9. The molecule has 1 aromatic heterocycles. The summed E-state index contributed by atoms with van der Waals surface area (Å²) < 4.78 is 54.9. The molecule has 3 heterocycles. The highest BCUT2D eigenvalue weighted by atomic mass is 16.7. The number of fused-ring (bicyclic) bond motifs is 5. The predicted octanol–water partition coefficient (Wildman–Crippen LogP) is 1.27. The van der Waals surface area contributed by atoms with Gasteiger partial charge in [0, 0.05) is 40.8 Å². The van der Waals surface area contributed by atoms with Gasteiger partial charge in [0.15, 0.2) is 35.6 Å². The molecule has 2 aliphatic heterocycles. The Morgan fingerprint density at radius 2 is 1.33 bits per heavy atom. The average Bonchev–Trinajstić information content (AvgIpc) is 3.42. The zero-order valence-corrected chi connectivity index (χ0v) is 35.8. The maximum absolute atomic E-state index is 14.5. The van der Waals surface area contributed by atoms with Crippen LogP contribution in [-0.4, -0.2) is 135 Å². The summed E-state index contributed by atoms with van der Waals surface area (Å²) in [4.78, 5) is 113. The van der Waals surface area contributed by atoms with Gasteiger partial charge in [-0.3, -0.25) is 29.0 Å². The Morgan fingerprint density at radius 3 is 1.92 bits per heavy atom. The van der Waals surface area contributed by atoms with Crippen LogP contribution in [0, 0.1) is 11.3 Å². The Hall–Kier alpha value is -5.99. The fourth-order valence-corrected chi connectivity index (χ4v) is 9.73. The minimum Gasteiger partial charge on any atom is -0.465 e. The molecular formula is C43H49NO19. The summed E-state index contributed by atoms with van der Waals surface area (Å²) in [7, 11) is 0. The van der Waals surface area contributed by atoms with E-state index < -0.39 is 138 Å². The van der Waals surface area contributed by atoms with Crippen LogP contribution in [-0.2, 0) is 77.8 Å². The summed E-state index contributed by atoms with van der Waals surface area (Å²) in [5.41, 5.74) is -13.3. The quantitative estimate of drug-likeness (QED) is 0.279. The highest BCUT2D eigenvalue weighted by Crippen LogP contribution is 2.70. The average molecular weight is 884 g/mol. The molecule has 2 N–H and O–H groups in total. The second-order valence-corrected chi connectivity index (χ2v) is 16.7. The lowest BCUT2D eigenvalue weighted by atomic mass is 9.45. The number of hydrogen-bond acceptors (Lipinski definition) is 20. The van der Waals surface area contributed by atoms with Crippen LogP contribution in [0.3, 0.4) is 0 Å². The van der Waals surface area contributed by atoms with Crippen LogP contribution in [0.2, 0.25) is 0 Å². The largest absolute Gasteiger partial charge is 0.465 e. The van der Waals surface area contributed by atoms with Gasteiger partial charge in [0.05, 0.1) is 22.7 Å². The van der Waals surface area contributed by atoms with Crippen molar-refractivity contribution >= 4 is 47.8 Å². The summed E-state index contributed by atoms with van der Waals surface area (Å²) >= 11 is 0. The van der Waals surface area contributed by atoms with Crippen molar-refractivity contribution < 1.29 is 91.2 Å². The van der Waals surface area contributed by atoms with Crippen LogP contribution in [0.1, 0.15) is 88.2 Å². The van der Waals surface area contributed by atoms with E-state index in [1.54, 1.807) is 6.07 Å². The van der Waals surface area contributed by atoms with Gasteiger partial charge in [-0.2, -0.15) is 0 Å².